The molecule has 0 aliphatic carbocycles. The summed E-state index contributed by atoms with van der Waals surface area (Å²) in [6.07, 6.45) is 1.66. The van der Waals surface area contributed by atoms with Gasteiger partial charge in [0.1, 0.15) is 0 Å². The molecular formula is C11H18OS. The molecular weight excluding hydrogens is 180 g/mol. The zero-order valence-corrected chi connectivity index (χ0v) is 9.40. The summed E-state index contributed by atoms with van der Waals surface area (Å²) in [5.41, 5.74) is 0.318. The summed E-state index contributed by atoms with van der Waals surface area (Å²) in [6, 6.07) is 3.98. The highest BCUT2D eigenvalue weighted by Crippen LogP contribution is 2.28. The fourth-order valence-electron chi connectivity index (χ4n) is 1.19. The molecule has 1 aromatic rings. The Balaban J connectivity index is 2.39. The maximum atomic E-state index is 9.78. The highest BCUT2D eigenvalue weighted by molar-refractivity contribution is 7.10. The van der Waals surface area contributed by atoms with Crippen LogP contribution in [0.25, 0.3) is 0 Å². The second kappa shape index (κ2) is 4.25. The summed E-state index contributed by atoms with van der Waals surface area (Å²) in [5.74, 6) is 0. The first-order chi connectivity index (χ1) is 5.99. The Morgan fingerprint density at radius 1 is 1.46 bits per heavy atom. The number of hydrogen-bond donors (Lipinski definition) is 1. The molecule has 1 atom stereocenters. The SMILES string of the molecule is CC(C)(C)CCC(O)c1cccs1. The van der Waals surface area contributed by atoms with Crippen LogP contribution in [0.5, 0.6) is 0 Å². The fourth-order valence-corrected chi connectivity index (χ4v) is 1.94. The number of thiophene rings is 1. The molecule has 0 radical (unpaired) electrons. The molecule has 1 nitrogen and oxygen atoms in total. The van der Waals surface area contributed by atoms with Gasteiger partial charge in [0.05, 0.1) is 6.10 Å². The van der Waals surface area contributed by atoms with Crippen molar-refractivity contribution in [3.05, 3.63) is 22.4 Å². The van der Waals surface area contributed by atoms with E-state index in [1.807, 2.05) is 17.5 Å². The Morgan fingerprint density at radius 3 is 2.62 bits per heavy atom. The predicted molar refractivity (Wildman–Crippen MR) is 58.0 cm³/mol. The van der Waals surface area contributed by atoms with Crippen LogP contribution in [-0.2, 0) is 0 Å². The van der Waals surface area contributed by atoms with E-state index in [2.05, 4.69) is 20.8 Å². The van der Waals surface area contributed by atoms with E-state index in [1.165, 1.54) is 0 Å². The van der Waals surface area contributed by atoms with Crippen LogP contribution in [0.3, 0.4) is 0 Å². The summed E-state index contributed by atoms with van der Waals surface area (Å²) >= 11 is 1.63. The molecule has 0 aliphatic rings. The smallest absolute Gasteiger partial charge is 0.0882 e. The van der Waals surface area contributed by atoms with Crippen molar-refractivity contribution in [2.24, 2.45) is 5.41 Å². The van der Waals surface area contributed by atoms with Gasteiger partial charge in [0, 0.05) is 4.88 Å². The van der Waals surface area contributed by atoms with Crippen molar-refractivity contribution in [3.8, 4) is 0 Å². The molecule has 0 saturated heterocycles. The third kappa shape index (κ3) is 3.92. The number of rotatable bonds is 3. The van der Waals surface area contributed by atoms with Crippen molar-refractivity contribution in [2.45, 2.75) is 39.7 Å². The van der Waals surface area contributed by atoms with E-state index < -0.39 is 0 Å². The van der Waals surface area contributed by atoms with Gasteiger partial charge in [-0.25, -0.2) is 0 Å². The third-order valence-electron chi connectivity index (χ3n) is 2.04. The topological polar surface area (TPSA) is 20.2 Å². The lowest BCUT2D eigenvalue weighted by atomic mass is 9.89. The molecule has 1 unspecified atom stereocenters. The Morgan fingerprint density at radius 2 is 2.15 bits per heavy atom. The maximum absolute atomic E-state index is 9.78. The molecule has 1 N–H and O–H groups in total. The molecule has 0 bridgehead atoms. The first kappa shape index (κ1) is 10.7. The number of hydrogen-bond acceptors (Lipinski definition) is 2. The molecule has 0 saturated carbocycles. The van der Waals surface area contributed by atoms with Gasteiger partial charge in [0.25, 0.3) is 0 Å². The van der Waals surface area contributed by atoms with Gasteiger partial charge in [-0.15, -0.1) is 11.3 Å². The molecule has 1 rings (SSSR count). The zero-order chi connectivity index (χ0) is 9.90. The quantitative estimate of drug-likeness (QED) is 0.786. The Labute approximate surface area is 84.4 Å². The Kier molecular flexibility index (Phi) is 3.51. The molecule has 0 fully saturated rings. The number of aliphatic hydroxyl groups is 1. The standard InChI is InChI=1S/C11H18OS/c1-11(2,3)7-6-9(12)10-5-4-8-13-10/h4-5,8-9,12H,6-7H2,1-3H3. The largest absolute Gasteiger partial charge is 0.388 e. The summed E-state index contributed by atoms with van der Waals surface area (Å²) in [4.78, 5) is 1.09. The Bertz CT molecular complexity index is 233. The second-order valence-electron chi connectivity index (χ2n) is 4.63. The van der Waals surface area contributed by atoms with Crippen LogP contribution < -0.4 is 0 Å². The highest BCUT2D eigenvalue weighted by atomic mass is 32.1. The van der Waals surface area contributed by atoms with Crippen molar-refractivity contribution in [2.75, 3.05) is 0 Å². The van der Waals surface area contributed by atoms with Gasteiger partial charge in [-0.3, -0.25) is 0 Å². The van der Waals surface area contributed by atoms with Crippen LogP contribution in [0, 0.1) is 5.41 Å². The van der Waals surface area contributed by atoms with E-state index in [4.69, 9.17) is 0 Å². The highest BCUT2D eigenvalue weighted by Gasteiger charge is 2.14. The summed E-state index contributed by atoms with van der Waals surface area (Å²) in [7, 11) is 0. The third-order valence-corrected chi connectivity index (χ3v) is 3.01. The molecule has 0 aliphatic heterocycles. The molecule has 13 heavy (non-hydrogen) atoms. The predicted octanol–water partition coefficient (Wildman–Crippen LogP) is 3.61. The van der Waals surface area contributed by atoms with Gasteiger partial charge < -0.3 is 5.11 Å². The van der Waals surface area contributed by atoms with E-state index >= 15 is 0 Å². The van der Waals surface area contributed by atoms with Crippen LogP contribution in [0.1, 0.15) is 44.6 Å². The molecule has 2 heteroatoms. The minimum atomic E-state index is -0.265. The maximum Gasteiger partial charge on any atom is 0.0882 e. The first-order valence-electron chi connectivity index (χ1n) is 4.70. The average Bonchev–Trinajstić information content (AvgIpc) is 2.50. The van der Waals surface area contributed by atoms with Crippen LogP contribution >= 0.6 is 11.3 Å². The van der Waals surface area contributed by atoms with E-state index in [0.29, 0.717) is 5.41 Å². The molecule has 1 aromatic heterocycles. The van der Waals surface area contributed by atoms with Crippen molar-refractivity contribution in [1.29, 1.82) is 0 Å². The molecule has 1 heterocycles. The lowest BCUT2D eigenvalue weighted by molar-refractivity contribution is 0.151. The van der Waals surface area contributed by atoms with Crippen LogP contribution in [0.4, 0.5) is 0 Å². The molecule has 0 aromatic carbocycles. The van der Waals surface area contributed by atoms with E-state index in [1.54, 1.807) is 11.3 Å². The van der Waals surface area contributed by atoms with E-state index in [9.17, 15) is 5.11 Å². The second-order valence-corrected chi connectivity index (χ2v) is 5.61. The minimum Gasteiger partial charge on any atom is -0.388 e. The fraction of sp³-hybridized carbons (Fsp3) is 0.636. The monoisotopic (exact) mass is 198 g/mol. The first-order valence-corrected chi connectivity index (χ1v) is 5.58. The number of aliphatic hydroxyl groups excluding tert-OH is 1. The average molecular weight is 198 g/mol. The van der Waals surface area contributed by atoms with E-state index in [0.717, 1.165) is 17.7 Å². The lowest BCUT2D eigenvalue weighted by Gasteiger charge is -2.19. The summed E-state index contributed by atoms with van der Waals surface area (Å²) in [5, 5.41) is 11.8. The zero-order valence-electron chi connectivity index (χ0n) is 8.58. The van der Waals surface area contributed by atoms with Gasteiger partial charge in [0.2, 0.25) is 0 Å². The van der Waals surface area contributed by atoms with Crippen LogP contribution in [0.2, 0.25) is 0 Å². The Hall–Kier alpha value is -0.340. The van der Waals surface area contributed by atoms with Crippen LogP contribution in [0.15, 0.2) is 17.5 Å². The van der Waals surface area contributed by atoms with Crippen molar-refractivity contribution < 1.29 is 5.11 Å². The molecule has 74 valence electrons. The van der Waals surface area contributed by atoms with Gasteiger partial charge >= 0.3 is 0 Å². The summed E-state index contributed by atoms with van der Waals surface area (Å²) in [6.45, 7) is 6.61. The van der Waals surface area contributed by atoms with Gasteiger partial charge in [-0.2, -0.15) is 0 Å². The van der Waals surface area contributed by atoms with E-state index in [-0.39, 0.29) is 6.10 Å². The van der Waals surface area contributed by atoms with Crippen molar-refractivity contribution >= 4 is 11.3 Å². The van der Waals surface area contributed by atoms with Crippen molar-refractivity contribution in [3.63, 3.8) is 0 Å². The lowest BCUT2D eigenvalue weighted by Crippen LogP contribution is -2.07. The van der Waals surface area contributed by atoms with Crippen LogP contribution in [-0.4, -0.2) is 5.11 Å². The van der Waals surface area contributed by atoms with Gasteiger partial charge in [-0.05, 0) is 29.7 Å². The van der Waals surface area contributed by atoms with Crippen molar-refractivity contribution in [1.82, 2.24) is 0 Å². The van der Waals surface area contributed by atoms with Gasteiger partial charge in [-0.1, -0.05) is 26.8 Å². The van der Waals surface area contributed by atoms with Gasteiger partial charge in [0.15, 0.2) is 0 Å². The minimum absolute atomic E-state index is 0.265. The molecule has 0 amide bonds. The summed E-state index contributed by atoms with van der Waals surface area (Å²) < 4.78 is 0. The normalized spacial score (nSPS) is 14.5. The molecule has 0 spiro atoms.